The van der Waals surface area contributed by atoms with Gasteiger partial charge in [-0.15, -0.1) is 11.3 Å². The third-order valence-electron chi connectivity index (χ3n) is 4.28. The average Bonchev–Trinajstić information content (AvgIpc) is 3.25. The fourth-order valence-electron chi connectivity index (χ4n) is 2.79. The molecule has 0 radical (unpaired) electrons. The number of carbonyl (C=O) groups excluding carboxylic acids is 2. The Bertz CT molecular complexity index is 786. The number of thiazole rings is 1. The lowest BCUT2D eigenvalue weighted by molar-refractivity contribution is 0.0926. The van der Waals surface area contributed by atoms with Crippen LogP contribution in [0.25, 0.3) is 10.6 Å². The third kappa shape index (κ3) is 4.22. The van der Waals surface area contributed by atoms with Crippen LogP contribution in [0.5, 0.6) is 0 Å². The van der Waals surface area contributed by atoms with E-state index in [-0.39, 0.29) is 18.0 Å². The fourth-order valence-corrected chi connectivity index (χ4v) is 3.59. The summed E-state index contributed by atoms with van der Waals surface area (Å²) in [5.74, 6) is 0.252. The van der Waals surface area contributed by atoms with Crippen molar-refractivity contribution in [3.05, 3.63) is 40.9 Å². The first-order valence-corrected chi connectivity index (χ1v) is 9.60. The molecule has 0 spiro atoms. The van der Waals surface area contributed by atoms with Gasteiger partial charge in [-0.05, 0) is 18.4 Å². The molecule has 0 aliphatic carbocycles. The number of hydrogen-bond donors (Lipinski definition) is 1. The van der Waals surface area contributed by atoms with E-state index < -0.39 is 0 Å². The molecule has 2 aromatic rings. The minimum absolute atomic E-state index is 0.177. The molecule has 1 aliphatic heterocycles. The zero-order chi connectivity index (χ0) is 18.7. The van der Waals surface area contributed by atoms with Crippen LogP contribution in [0, 0.1) is 0 Å². The summed E-state index contributed by atoms with van der Waals surface area (Å²) in [7, 11) is 0. The quantitative estimate of drug-likeness (QED) is 0.841. The van der Waals surface area contributed by atoms with E-state index in [9.17, 15) is 9.59 Å². The zero-order valence-corrected chi connectivity index (χ0v) is 16.0. The smallest absolute Gasteiger partial charge is 0.410 e. The van der Waals surface area contributed by atoms with Crippen LogP contribution < -0.4 is 5.32 Å². The number of ether oxygens (including phenoxy) is 1. The van der Waals surface area contributed by atoms with E-state index in [1.54, 1.807) is 10.3 Å². The number of carbonyl (C=O) groups is 2. The minimum atomic E-state index is -0.327. The number of benzene rings is 1. The van der Waals surface area contributed by atoms with Gasteiger partial charge in [0.1, 0.15) is 17.3 Å². The Morgan fingerprint density at radius 2 is 2.04 bits per heavy atom. The maximum absolute atomic E-state index is 12.4. The van der Waals surface area contributed by atoms with Crippen molar-refractivity contribution >= 4 is 23.3 Å². The van der Waals surface area contributed by atoms with Gasteiger partial charge in [0, 0.05) is 23.5 Å². The number of hydrogen-bond acceptors (Lipinski definition) is 5. The van der Waals surface area contributed by atoms with Gasteiger partial charge in [0.15, 0.2) is 0 Å². The Labute approximate surface area is 157 Å². The van der Waals surface area contributed by atoms with Gasteiger partial charge in [-0.2, -0.15) is 0 Å². The van der Waals surface area contributed by atoms with Gasteiger partial charge in [-0.1, -0.05) is 38.1 Å². The van der Waals surface area contributed by atoms with E-state index in [1.807, 2.05) is 19.1 Å². The number of nitrogens with one attached hydrogen (secondary N) is 1. The van der Waals surface area contributed by atoms with Gasteiger partial charge < -0.3 is 15.0 Å². The van der Waals surface area contributed by atoms with E-state index in [0.29, 0.717) is 31.3 Å². The summed E-state index contributed by atoms with van der Waals surface area (Å²) in [4.78, 5) is 29.9. The lowest BCUT2D eigenvalue weighted by Crippen LogP contribution is -2.42. The lowest BCUT2D eigenvalue weighted by Gasteiger charge is -2.19. The molecule has 0 saturated carbocycles. The van der Waals surface area contributed by atoms with Crippen molar-refractivity contribution in [2.45, 2.75) is 32.7 Å². The highest BCUT2D eigenvalue weighted by Gasteiger charge is 2.24. The molecular formula is C19H23N3O3S. The molecule has 1 aliphatic rings. The monoisotopic (exact) mass is 373 g/mol. The van der Waals surface area contributed by atoms with Crippen molar-refractivity contribution in [1.82, 2.24) is 15.2 Å². The summed E-state index contributed by atoms with van der Waals surface area (Å²) >= 11 is 1.45. The van der Waals surface area contributed by atoms with Crippen molar-refractivity contribution in [3.8, 4) is 10.6 Å². The molecule has 1 atom stereocenters. The van der Waals surface area contributed by atoms with Gasteiger partial charge in [0.05, 0.1) is 6.54 Å². The van der Waals surface area contributed by atoms with E-state index in [1.165, 1.54) is 16.9 Å². The second kappa shape index (κ2) is 7.86. The van der Waals surface area contributed by atoms with Crippen molar-refractivity contribution in [3.63, 3.8) is 0 Å². The molecule has 2 heterocycles. The highest BCUT2D eigenvalue weighted by atomic mass is 32.1. The highest BCUT2D eigenvalue weighted by molar-refractivity contribution is 7.13. The lowest BCUT2D eigenvalue weighted by atomic mass is 10.0. The van der Waals surface area contributed by atoms with Crippen LogP contribution in [-0.2, 0) is 4.74 Å². The maximum atomic E-state index is 12.4. The predicted octanol–water partition coefficient (Wildman–Crippen LogP) is 3.50. The Morgan fingerprint density at radius 3 is 2.65 bits per heavy atom. The largest absolute Gasteiger partial charge is 0.448 e. The molecule has 0 unspecified atom stereocenters. The second-order valence-electron chi connectivity index (χ2n) is 6.75. The maximum Gasteiger partial charge on any atom is 0.410 e. The second-order valence-corrected chi connectivity index (χ2v) is 7.61. The standard InChI is InChI=1S/C19H23N3O3S/c1-12(2)14-4-6-15(7-5-14)18-21-16(11-26-18)17(23)20-13(3)10-22-8-9-25-19(22)24/h4-7,11-13H,8-10H2,1-3H3,(H,20,23)/t13-/m0/s1. The normalized spacial score (nSPS) is 15.2. The van der Waals surface area contributed by atoms with Crippen LogP contribution in [0.15, 0.2) is 29.6 Å². The molecule has 138 valence electrons. The van der Waals surface area contributed by atoms with Crippen molar-refractivity contribution in [1.29, 1.82) is 0 Å². The van der Waals surface area contributed by atoms with E-state index in [2.05, 4.69) is 36.3 Å². The minimum Gasteiger partial charge on any atom is -0.448 e. The van der Waals surface area contributed by atoms with Crippen molar-refractivity contribution in [2.24, 2.45) is 0 Å². The van der Waals surface area contributed by atoms with Gasteiger partial charge >= 0.3 is 6.09 Å². The molecule has 1 aromatic heterocycles. The first kappa shape index (κ1) is 18.4. The first-order valence-electron chi connectivity index (χ1n) is 8.72. The van der Waals surface area contributed by atoms with Crippen LogP contribution in [-0.4, -0.2) is 47.6 Å². The molecule has 0 bridgehead atoms. The van der Waals surface area contributed by atoms with Crippen LogP contribution in [0.3, 0.4) is 0 Å². The number of rotatable bonds is 6. The van der Waals surface area contributed by atoms with Gasteiger partial charge in [0.2, 0.25) is 0 Å². The number of aromatic nitrogens is 1. The third-order valence-corrected chi connectivity index (χ3v) is 5.17. The number of nitrogens with zero attached hydrogens (tertiary/aromatic N) is 2. The number of cyclic esters (lactones) is 1. The molecule has 2 amide bonds. The van der Waals surface area contributed by atoms with Gasteiger partial charge in [0.25, 0.3) is 5.91 Å². The Kier molecular flexibility index (Phi) is 5.56. The molecule has 1 fully saturated rings. The first-order chi connectivity index (χ1) is 12.4. The van der Waals surface area contributed by atoms with Crippen LogP contribution >= 0.6 is 11.3 Å². The summed E-state index contributed by atoms with van der Waals surface area (Å²) in [5, 5.41) is 5.47. The number of amides is 2. The molecule has 6 nitrogen and oxygen atoms in total. The van der Waals surface area contributed by atoms with Crippen LogP contribution in [0.4, 0.5) is 4.79 Å². The summed E-state index contributed by atoms with van der Waals surface area (Å²) in [6.45, 7) is 7.57. The van der Waals surface area contributed by atoms with Crippen molar-refractivity contribution in [2.75, 3.05) is 19.7 Å². The van der Waals surface area contributed by atoms with Crippen molar-refractivity contribution < 1.29 is 14.3 Å². The van der Waals surface area contributed by atoms with Crippen LogP contribution in [0.1, 0.15) is 42.7 Å². The fraction of sp³-hybridized carbons (Fsp3) is 0.421. The van der Waals surface area contributed by atoms with Gasteiger partial charge in [-0.25, -0.2) is 9.78 Å². The topological polar surface area (TPSA) is 71.5 Å². The van der Waals surface area contributed by atoms with E-state index in [0.717, 1.165) is 10.6 Å². The van der Waals surface area contributed by atoms with E-state index in [4.69, 9.17) is 4.74 Å². The zero-order valence-electron chi connectivity index (χ0n) is 15.2. The molecule has 1 aromatic carbocycles. The Hall–Kier alpha value is -2.41. The summed E-state index contributed by atoms with van der Waals surface area (Å²) in [6, 6.07) is 8.09. The van der Waals surface area contributed by atoms with Crippen LogP contribution in [0.2, 0.25) is 0 Å². The summed E-state index contributed by atoms with van der Waals surface area (Å²) in [6.07, 6.45) is -0.327. The molecule has 26 heavy (non-hydrogen) atoms. The van der Waals surface area contributed by atoms with Gasteiger partial charge in [-0.3, -0.25) is 4.79 Å². The SMILES string of the molecule is CC(C)c1ccc(-c2nc(C(=O)N[C@@H](C)CN3CCOC3=O)cs2)cc1. The molecule has 1 N–H and O–H groups in total. The molecule has 7 heteroatoms. The average molecular weight is 373 g/mol. The summed E-state index contributed by atoms with van der Waals surface area (Å²) in [5.41, 5.74) is 2.68. The van der Waals surface area contributed by atoms with E-state index >= 15 is 0 Å². The highest BCUT2D eigenvalue weighted by Crippen LogP contribution is 2.25. The molecular weight excluding hydrogens is 350 g/mol. The molecule has 1 saturated heterocycles. The predicted molar refractivity (Wildman–Crippen MR) is 101 cm³/mol. The Morgan fingerprint density at radius 1 is 1.31 bits per heavy atom. The summed E-state index contributed by atoms with van der Waals surface area (Å²) < 4.78 is 4.89. The Balaban J connectivity index is 1.61. The molecule has 3 rings (SSSR count).